The summed E-state index contributed by atoms with van der Waals surface area (Å²) in [6.45, 7) is 0. The summed E-state index contributed by atoms with van der Waals surface area (Å²) in [5, 5.41) is 10.1. The van der Waals surface area contributed by atoms with Gasteiger partial charge in [-0.1, -0.05) is 24.6 Å². The van der Waals surface area contributed by atoms with Gasteiger partial charge in [-0.2, -0.15) is 17.6 Å². The maximum Gasteiger partial charge on any atom is 0.461 e. The van der Waals surface area contributed by atoms with Crippen molar-refractivity contribution in [3.63, 3.8) is 0 Å². The Morgan fingerprint density at radius 2 is 1.82 bits per heavy atom. The van der Waals surface area contributed by atoms with Gasteiger partial charge in [0, 0.05) is 5.56 Å². The summed E-state index contributed by atoms with van der Waals surface area (Å²) < 4.78 is 54.6. The van der Waals surface area contributed by atoms with Crippen molar-refractivity contribution in [1.29, 1.82) is 0 Å². The van der Waals surface area contributed by atoms with Gasteiger partial charge in [0.25, 0.3) is 0 Å². The summed E-state index contributed by atoms with van der Waals surface area (Å²) in [5.41, 5.74) is 5.98. The highest BCUT2D eigenvalue weighted by molar-refractivity contribution is 5.85. The molecule has 1 aromatic carbocycles. The molecule has 1 fully saturated rings. The second-order valence-electron chi connectivity index (χ2n) is 5.21. The number of alkyl halides is 4. The molecule has 2 atom stereocenters. The highest BCUT2D eigenvalue weighted by Gasteiger charge is 2.44. The monoisotopic (exact) mass is 343 g/mol. The van der Waals surface area contributed by atoms with Crippen molar-refractivity contribution >= 4 is 12.4 Å². The second-order valence-corrected chi connectivity index (χ2v) is 5.21. The number of ether oxygens (including phenoxy) is 1. The number of hydrogen-bond acceptors (Lipinski definition) is 3. The van der Waals surface area contributed by atoms with E-state index >= 15 is 0 Å². The van der Waals surface area contributed by atoms with Crippen LogP contribution in [0.25, 0.3) is 0 Å². The minimum atomic E-state index is -4.60. The molecule has 0 radical (unpaired) electrons. The maximum atomic E-state index is 13.0. The van der Waals surface area contributed by atoms with E-state index in [0.29, 0.717) is 0 Å². The molecule has 126 valence electrons. The largest absolute Gasteiger partial charge is 0.461 e. The lowest BCUT2D eigenvalue weighted by molar-refractivity contribution is -0.253. The molecule has 8 heteroatoms. The van der Waals surface area contributed by atoms with Crippen LogP contribution in [0.2, 0.25) is 0 Å². The summed E-state index contributed by atoms with van der Waals surface area (Å²) in [7, 11) is 0. The van der Waals surface area contributed by atoms with Crippen molar-refractivity contribution in [2.75, 3.05) is 0 Å². The van der Waals surface area contributed by atoms with Crippen LogP contribution in [0.3, 0.4) is 0 Å². The van der Waals surface area contributed by atoms with E-state index in [2.05, 4.69) is 4.74 Å². The average molecular weight is 344 g/mol. The van der Waals surface area contributed by atoms with Gasteiger partial charge < -0.3 is 15.6 Å². The highest BCUT2D eigenvalue weighted by atomic mass is 35.5. The number of aliphatic hydroxyl groups excluding tert-OH is 1. The van der Waals surface area contributed by atoms with Crippen molar-refractivity contribution in [2.45, 2.75) is 43.9 Å². The molecule has 2 rings (SSSR count). The standard InChI is InChI=1S/C14H17F4NO2.ClH/c15-13(16)14(17,18)21-10-7-2-1-6-9(10)11(19)12(20)8-4-3-5-8;/h1-2,6-8,11-13,20H,3-5,19H2;1H/t11-,12+;/m1./s1. The van der Waals surface area contributed by atoms with Crippen LogP contribution in [-0.4, -0.2) is 23.7 Å². The van der Waals surface area contributed by atoms with Gasteiger partial charge in [0.1, 0.15) is 5.75 Å². The summed E-state index contributed by atoms with van der Waals surface area (Å²) in [6, 6.07) is 4.47. The van der Waals surface area contributed by atoms with Crippen molar-refractivity contribution < 1.29 is 27.4 Å². The zero-order chi connectivity index (χ0) is 15.6. The van der Waals surface area contributed by atoms with E-state index in [1.807, 2.05) is 0 Å². The first-order valence-electron chi connectivity index (χ1n) is 6.70. The molecule has 22 heavy (non-hydrogen) atoms. The fourth-order valence-corrected chi connectivity index (χ4v) is 2.30. The lowest BCUT2D eigenvalue weighted by Crippen LogP contribution is -2.38. The number of hydrogen-bond donors (Lipinski definition) is 2. The van der Waals surface area contributed by atoms with Crippen LogP contribution >= 0.6 is 12.4 Å². The van der Waals surface area contributed by atoms with E-state index in [0.717, 1.165) is 25.3 Å². The molecule has 3 nitrogen and oxygen atoms in total. The smallest absolute Gasteiger partial charge is 0.428 e. The molecule has 0 saturated heterocycles. The number of nitrogens with two attached hydrogens (primary N) is 1. The maximum absolute atomic E-state index is 13.0. The second kappa shape index (κ2) is 7.48. The predicted octanol–water partition coefficient (Wildman–Crippen LogP) is 3.51. The molecule has 0 spiro atoms. The minimum absolute atomic E-state index is 0. The van der Waals surface area contributed by atoms with Crippen LogP contribution in [-0.2, 0) is 0 Å². The summed E-state index contributed by atoms with van der Waals surface area (Å²) in [6.07, 6.45) is -6.86. The third-order valence-electron chi connectivity index (χ3n) is 3.78. The van der Waals surface area contributed by atoms with E-state index in [9.17, 15) is 22.7 Å². The molecule has 0 unspecified atom stereocenters. The van der Waals surface area contributed by atoms with E-state index in [-0.39, 0.29) is 23.9 Å². The van der Waals surface area contributed by atoms with Gasteiger partial charge in [0.15, 0.2) is 0 Å². The molecule has 1 aliphatic carbocycles. The third-order valence-corrected chi connectivity index (χ3v) is 3.78. The van der Waals surface area contributed by atoms with Gasteiger partial charge in [-0.25, -0.2) is 0 Å². The topological polar surface area (TPSA) is 55.5 Å². The van der Waals surface area contributed by atoms with E-state index in [4.69, 9.17) is 5.73 Å². The van der Waals surface area contributed by atoms with Gasteiger partial charge >= 0.3 is 12.5 Å². The molecular formula is C14H18ClF4NO2. The minimum Gasteiger partial charge on any atom is -0.428 e. The average Bonchev–Trinajstić information content (AvgIpc) is 2.35. The summed E-state index contributed by atoms with van der Waals surface area (Å²) >= 11 is 0. The summed E-state index contributed by atoms with van der Waals surface area (Å²) in [5.74, 6) is -0.433. The molecule has 0 aliphatic heterocycles. The normalized spacial score (nSPS) is 18.3. The van der Waals surface area contributed by atoms with Gasteiger partial charge in [-0.05, 0) is 24.8 Å². The molecule has 0 amide bonds. The fraction of sp³-hybridized carbons (Fsp3) is 0.571. The number of rotatable bonds is 6. The van der Waals surface area contributed by atoms with Crippen LogP contribution in [0, 0.1) is 5.92 Å². The third kappa shape index (κ3) is 4.02. The molecule has 1 aliphatic rings. The van der Waals surface area contributed by atoms with Gasteiger partial charge in [-0.15, -0.1) is 12.4 Å². The molecule has 0 aromatic heterocycles. The van der Waals surface area contributed by atoms with Crippen LogP contribution in [0.5, 0.6) is 5.75 Å². The van der Waals surface area contributed by atoms with Crippen LogP contribution in [0.15, 0.2) is 24.3 Å². The Labute approximate surface area is 131 Å². The van der Waals surface area contributed by atoms with Crippen molar-refractivity contribution in [3.05, 3.63) is 29.8 Å². The first-order chi connectivity index (χ1) is 9.83. The molecular weight excluding hydrogens is 326 g/mol. The van der Waals surface area contributed by atoms with Gasteiger partial charge in [-0.3, -0.25) is 0 Å². The summed E-state index contributed by atoms with van der Waals surface area (Å²) in [4.78, 5) is 0. The Bertz CT molecular complexity index is 486. The number of benzene rings is 1. The number of aliphatic hydroxyl groups is 1. The van der Waals surface area contributed by atoms with Crippen LogP contribution in [0.4, 0.5) is 17.6 Å². The first-order valence-corrected chi connectivity index (χ1v) is 6.70. The number of halogens is 5. The van der Waals surface area contributed by atoms with E-state index < -0.39 is 30.4 Å². The molecule has 1 saturated carbocycles. The quantitative estimate of drug-likeness (QED) is 0.777. The Morgan fingerprint density at radius 3 is 2.32 bits per heavy atom. The fourth-order valence-electron chi connectivity index (χ4n) is 2.30. The molecule has 0 bridgehead atoms. The van der Waals surface area contributed by atoms with Gasteiger partial charge in [0.2, 0.25) is 0 Å². The van der Waals surface area contributed by atoms with Crippen LogP contribution < -0.4 is 10.5 Å². The Balaban J connectivity index is 0.00000242. The molecule has 0 heterocycles. The van der Waals surface area contributed by atoms with Crippen molar-refractivity contribution in [2.24, 2.45) is 11.7 Å². The first kappa shape index (κ1) is 19.0. The van der Waals surface area contributed by atoms with Gasteiger partial charge in [0.05, 0.1) is 12.1 Å². The Kier molecular flexibility index (Phi) is 6.46. The van der Waals surface area contributed by atoms with Crippen molar-refractivity contribution in [3.8, 4) is 5.75 Å². The van der Waals surface area contributed by atoms with Crippen molar-refractivity contribution in [1.82, 2.24) is 0 Å². The highest BCUT2D eigenvalue weighted by Crippen LogP contribution is 2.38. The molecule has 1 aromatic rings. The zero-order valence-corrected chi connectivity index (χ0v) is 12.4. The number of para-hydroxylation sites is 1. The van der Waals surface area contributed by atoms with E-state index in [1.165, 1.54) is 18.2 Å². The molecule has 3 N–H and O–H groups in total. The Morgan fingerprint density at radius 1 is 1.23 bits per heavy atom. The van der Waals surface area contributed by atoms with E-state index in [1.54, 1.807) is 0 Å². The Hall–Kier alpha value is -1.05. The SMILES string of the molecule is Cl.N[C@H](c1ccccc1OC(F)(F)C(F)F)[C@@H](O)C1CCC1. The predicted molar refractivity (Wildman–Crippen MR) is 75.5 cm³/mol. The zero-order valence-electron chi connectivity index (χ0n) is 11.6. The van der Waals surface area contributed by atoms with Crippen LogP contribution in [0.1, 0.15) is 30.9 Å². The lowest BCUT2D eigenvalue weighted by Gasteiger charge is -2.34. The lowest BCUT2D eigenvalue weighted by atomic mass is 9.77.